The van der Waals surface area contributed by atoms with Gasteiger partial charge in [0.25, 0.3) is 5.91 Å². The summed E-state index contributed by atoms with van der Waals surface area (Å²) in [6.45, 7) is 8.88. The highest BCUT2D eigenvalue weighted by Crippen LogP contribution is 2.50. The fourth-order valence-corrected chi connectivity index (χ4v) is 6.48. The Kier molecular flexibility index (Phi) is 8.62. The summed E-state index contributed by atoms with van der Waals surface area (Å²) in [6.07, 6.45) is 2.62. The summed E-state index contributed by atoms with van der Waals surface area (Å²) in [5.41, 5.74) is 6.12. The first-order valence-electron chi connectivity index (χ1n) is 14.6. The Morgan fingerprint density at radius 2 is 1.80 bits per heavy atom. The molecule has 244 valence electrons. The van der Waals surface area contributed by atoms with Crippen LogP contribution in [0.15, 0.2) is 42.6 Å². The normalized spacial score (nSPS) is 13.9. The zero-order valence-electron chi connectivity index (χ0n) is 26.6. The number of nitrogens with one attached hydrogen (secondary N) is 2. The Hall–Kier alpha value is -4.82. The standard InChI is InChI=1S/C32H38N6O7S/c1-32(2,3)21-17-20(30(33)39)29(44-5)26(36-46(6,42)43)25(21)24-19-8-7-9-22(27(19)37(4)28(24)31(40)41)45-18-10-11-35-23(16-18)38-14-12-34-13-15-38/h7-11,16-17,34,36H,12-15H2,1-6H3,(H2,33,39)(H,40,41). The lowest BCUT2D eigenvalue weighted by Gasteiger charge is -2.28. The molecule has 0 radical (unpaired) electrons. The highest BCUT2D eigenvalue weighted by atomic mass is 32.2. The van der Waals surface area contributed by atoms with Crippen LogP contribution in [0.1, 0.15) is 47.2 Å². The molecule has 4 aromatic rings. The molecule has 46 heavy (non-hydrogen) atoms. The van der Waals surface area contributed by atoms with Crippen LogP contribution in [0.2, 0.25) is 0 Å². The number of hydrogen-bond acceptors (Lipinski definition) is 9. The summed E-state index contributed by atoms with van der Waals surface area (Å²) >= 11 is 0. The summed E-state index contributed by atoms with van der Waals surface area (Å²) in [7, 11) is -1.07. The van der Waals surface area contributed by atoms with Crippen LogP contribution in [0.5, 0.6) is 17.2 Å². The first-order chi connectivity index (χ1) is 21.6. The number of rotatable bonds is 9. The summed E-state index contributed by atoms with van der Waals surface area (Å²) in [5.74, 6) is -0.570. The van der Waals surface area contributed by atoms with E-state index in [1.807, 2.05) is 26.8 Å². The number of benzene rings is 2. The summed E-state index contributed by atoms with van der Waals surface area (Å²) in [6, 6.07) is 10.3. The Morgan fingerprint density at radius 3 is 2.39 bits per heavy atom. The van der Waals surface area contributed by atoms with E-state index in [0.29, 0.717) is 28.0 Å². The van der Waals surface area contributed by atoms with Crippen molar-refractivity contribution < 1.29 is 32.6 Å². The van der Waals surface area contributed by atoms with Gasteiger partial charge in [0.05, 0.1) is 30.1 Å². The molecule has 2 aromatic heterocycles. The molecular formula is C32H38N6O7S. The number of aromatic nitrogens is 2. The highest BCUT2D eigenvalue weighted by molar-refractivity contribution is 7.92. The number of piperazine rings is 1. The van der Waals surface area contributed by atoms with Crippen molar-refractivity contribution in [3.05, 3.63) is 59.4 Å². The van der Waals surface area contributed by atoms with E-state index in [2.05, 4.69) is 19.9 Å². The van der Waals surface area contributed by atoms with Crippen molar-refractivity contribution in [1.29, 1.82) is 0 Å². The number of pyridine rings is 1. The van der Waals surface area contributed by atoms with Crippen LogP contribution >= 0.6 is 0 Å². The Balaban J connectivity index is 1.83. The molecule has 1 saturated heterocycles. The number of carboxylic acid groups (broad SMARTS) is 1. The SMILES string of the molecule is COc1c(C(N)=O)cc(C(C)(C)C)c(-c2c(C(=O)O)n(C)c3c(Oc4ccnc(N5CCNCC5)c4)cccc23)c1NS(C)(=O)=O. The maximum absolute atomic E-state index is 13.0. The van der Waals surface area contributed by atoms with Gasteiger partial charge in [0.2, 0.25) is 10.0 Å². The van der Waals surface area contributed by atoms with Crippen molar-refractivity contribution in [1.82, 2.24) is 14.9 Å². The summed E-state index contributed by atoms with van der Waals surface area (Å²) < 4.78 is 41.5. The van der Waals surface area contributed by atoms with Crippen LogP contribution in [0.4, 0.5) is 11.5 Å². The molecule has 3 heterocycles. The second kappa shape index (κ2) is 12.2. The van der Waals surface area contributed by atoms with Gasteiger partial charge in [-0.2, -0.15) is 0 Å². The number of fused-ring (bicyclic) bond motifs is 1. The Bertz CT molecular complexity index is 1960. The van der Waals surface area contributed by atoms with E-state index in [4.69, 9.17) is 15.2 Å². The zero-order valence-corrected chi connectivity index (χ0v) is 27.4. The molecule has 0 aliphatic carbocycles. The van der Waals surface area contributed by atoms with Crippen LogP contribution in [0.25, 0.3) is 22.0 Å². The van der Waals surface area contributed by atoms with Crippen LogP contribution < -0.4 is 30.1 Å². The number of sulfonamides is 1. The lowest BCUT2D eigenvalue weighted by Crippen LogP contribution is -2.43. The number of carboxylic acids is 1. The molecule has 5 N–H and O–H groups in total. The fourth-order valence-electron chi connectivity index (χ4n) is 5.91. The minimum absolute atomic E-state index is 0.0542. The Morgan fingerprint density at radius 1 is 1.11 bits per heavy atom. The van der Waals surface area contributed by atoms with Gasteiger partial charge < -0.3 is 35.1 Å². The van der Waals surface area contributed by atoms with E-state index in [0.717, 1.165) is 38.3 Å². The monoisotopic (exact) mass is 650 g/mol. The third-order valence-electron chi connectivity index (χ3n) is 7.86. The Labute approximate surface area is 267 Å². The smallest absolute Gasteiger partial charge is 0.353 e. The molecule has 1 aliphatic heterocycles. The second-order valence-corrected chi connectivity index (χ2v) is 13.9. The van der Waals surface area contributed by atoms with E-state index < -0.39 is 27.3 Å². The van der Waals surface area contributed by atoms with E-state index in [9.17, 15) is 23.1 Å². The number of anilines is 2. The van der Waals surface area contributed by atoms with Crippen molar-refractivity contribution in [2.24, 2.45) is 12.8 Å². The lowest BCUT2D eigenvalue weighted by atomic mass is 9.79. The van der Waals surface area contributed by atoms with Crippen molar-refractivity contribution >= 4 is 44.3 Å². The van der Waals surface area contributed by atoms with Crippen LogP contribution in [0.3, 0.4) is 0 Å². The third-order valence-corrected chi connectivity index (χ3v) is 8.43. The van der Waals surface area contributed by atoms with Crippen molar-refractivity contribution in [2.75, 3.05) is 49.2 Å². The molecule has 1 fully saturated rings. The van der Waals surface area contributed by atoms with Gasteiger partial charge in [-0.15, -0.1) is 0 Å². The van der Waals surface area contributed by atoms with Gasteiger partial charge in [-0.3, -0.25) is 9.52 Å². The number of carbonyl (C=O) groups is 2. The number of primary amides is 1. The van der Waals surface area contributed by atoms with Gasteiger partial charge in [-0.25, -0.2) is 18.2 Å². The zero-order chi connectivity index (χ0) is 33.6. The molecule has 1 aliphatic rings. The van der Waals surface area contributed by atoms with Gasteiger partial charge in [0.15, 0.2) is 11.5 Å². The fraction of sp³-hybridized carbons (Fsp3) is 0.344. The summed E-state index contributed by atoms with van der Waals surface area (Å²) in [5, 5.41) is 14.4. The number of carbonyl (C=O) groups excluding carboxylic acids is 1. The molecule has 14 heteroatoms. The molecule has 0 unspecified atom stereocenters. The van der Waals surface area contributed by atoms with E-state index in [1.54, 1.807) is 37.5 Å². The minimum atomic E-state index is -3.96. The number of amides is 1. The largest absolute Gasteiger partial charge is 0.494 e. The molecule has 2 aromatic carbocycles. The topological polar surface area (TPSA) is 178 Å². The molecule has 0 saturated carbocycles. The maximum Gasteiger partial charge on any atom is 0.353 e. The van der Waals surface area contributed by atoms with Crippen molar-refractivity contribution in [3.63, 3.8) is 0 Å². The van der Waals surface area contributed by atoms with Gasteiger partial charge in [0.1, 0.15) is 17.3 Å². The second-order valence-electron chi connectivity index (χ2n) is 12.2. The third kappa shape index (κ3) is 6.17. The number of hydrogen-bond donors (Lipinski definition) is 4. The average molecular weight is 651 g/mol. The predicted molar refractivity (Wildman–Crippen MR) is 177 cm³/mol. The summed E-state index contributed by atoms with van der Waals surface area (Å²) in [4.78, 5) is 32.3. The van der Waals surface area contributed by atoms with Gasteiger partial charge in [-0.05, 0) is 29.2 Å². The number of aromatic carboxylic acids is 1. The quantitative estimate of drug-likeness (QED) is 0.208. The van der Waals surface area contributed by atoms with Gasteiger partial charge >= 0.3 is 5.97 Å². The molecule has 0 spiro atoms. The van der Waals surface area contributed by atoms with Crippen LogP contribution in [0, 0.1) is 0 Å². The van der Waals surface area contributed by atoms with Gasteiger partial charge in [-0.1, -0.05) is 32.9 Å². The van der Waals surface area contributed by atoms with E-state index in [1.165, 1.54) is 17.7 Å². The number of aryl methyl sites for hydroxylation is 1. The molecule has 1 amide bonds. The molecular weight excluding hydrogens is 612 g/mol. The van der Waals surface area contributed by atoms with Crippen molar-refractivity contribution in [2.45, 2.75) is 26.2 Å². The average Bonchev–Trinajstić information content (AvgIpc) is 3.28. The molecule has 13 nitrogen and oxygen atoms in total. The first-order valence-corrected chi connectivity index (χ1v) is 16.5. The van der Waals surface area contributed by atoms with Crippen molar-refractivity contribution in [3.8, 4) is 28.4 Å². The highest BCUT2D eigenvalue weighted by Gasteiger charge is 2.34. The van der Waals surface area contributed by atoms with E-state index >= 15 is 0 Å². The number of para-hydroxylation sites is 1. The molecule has 5 rings (SSSR count). The predicted octanol–water partition coefficient (Wildman–Crippen LogP) is 3.92. The number of nitrogens with zero attached hydrogens (tertiary/aromatic N) is 3. The number of methoxy groups -OCH3 is 1. The maximum atomic E-state index is 13.0. The minimum Gasteiger partial charge on any atom is -0.494 e. The van der Waals surface area contributed by atoms with Gasteiger partial charge in [0, 0.05) is 62.0 Å². The molecule has 0 bridgehead atoms. The number of nitrogens with two attached hydrogens (primary N) is 1. The molecule has 0 atom stereocenters. The van der Waals surface area contributed by atoms with Crippen LogP contribution in [-0.4, -0.2) is 74.5 Å². The lowest BCUT2D eigenvalue weighted by molar-refractivity contribution is 0.0687. The number of ether oxygens (including phenoxy) is 2. The van der Waals surface area contributed by atoms with Crippen LogP contribution in [-0.2, 0) is 22.5 Å². The van der Waals surface area contributed by atoms with E-state index in [-0.39, 0.29) is 33.8 Å². The first kappa shape index (κ1) is 32.6.